The molecule has 0 aromatic carbocycles. The summed E-state index contributed by atoms with van der Waals surface area (Å²) in [5, 5.41) is 2.25. The summed E-state index contributed by atoms with van der Waals surface area (Å²) in [4.78, 5) is 3.74. The van der Waals surface area contributed by atoms with Gasteiger partial charge in [0.25, 0.3) is 0 Å². The highest BCUT2D eigenvalue weighted by Crippen LogP contribution is 2.44. The van der Waals surface area contributed by atoms with Crippen molar-refractivity contribution in [3.63, 3.8) is 0 Å². The number of rotatable bonds is 4. The molecule has 1 fully saturated rings. The minimum Gasteiger partial charge on any atom is -0.302 e. The SMILES string of the molecule is Cc1cc(C(NN)C2(N(C)C)CCCC(C)C2)cs1. The molecule has 0 spiro atoms. The van der Waals surface area contributed by atoms with E-state index < -0.39 is 0 Å². The Bertz CT molecular complexity index is 415. The smallest absolute Gasteiger partial charge is 0.0651 e. The molecule has 1 aromatic heterocycles. The van der Waals surface area contributed by atoms with E-state index in [2.05, 4.69) is 49.7 Å². The van der Waals surface area contributed by atoms with Crippen molar-refractivity contribution in [1.29, 1.82) is 0 Å². The van der Waals surface area contributed by atoms with Crippen LogP contribution in [0.25, 0.3) is 0 Å². The van der Waals surface area contributed by atoms with Gasteiger partial charge in [0.15, 0.2) is 0 Å². The molecule has 3 atom stereocenters. The first-order valence-electron chi connectivity index (χ1n) is 7.18. The molecular weight excluding hydrogens is 254 g/mol. The summed E-state index contributed by atoms with van der Waals surface area (Å²) in [6.45, 7) is 4.53. The van der Waals surface area contributed by atoms with Gasteiger partial charge in [0.1, 0.15) is 0 Å². The van der Waals surface area contributed by atoms with Crippen molar-refractivity contribution in [2.45, 2.75) is 51.1 Å². The molecule has 19 heavy (non-hydrogen) atoms. The minimum atomic E-state index is 0.139. The molecular formula is C15H27N3S. The van der Waals surface area contributed by atoms with E-state index >= 15 is 0 Å². The first-order chi connectivity index (χ1) is 8.99. The Morgan fingerprint density at radius 1 is 1.53 bits per heavy atom. The maximum atomic E-state index is 5.94. The number of aryl methyl sites for hydroxylation is 1. The average molecular weight is 281 g/mol. The van der Waals surface area contributed by atoms with Crippen molar-refractivity contribution in [3.8, 4) is 0 Å². The highest BCUT2D eigenvalue weighted by molar-refractivity contribution is 7.10. The highest BCUT2D eigenvalue weighted by Gasteiger charge is 2.44. The number of hydrogen-bond acceptors (Lipinski definition) is 4. The zero-order valence-corrected chi connectivity index (χ0v) is 13.4. The third-order valence-electron chi connectivity index (χ3n) is 4.69. The largest absolute Gasteiger partial charge is 0.302 e. The van der Waals surface area contributed by atoms with Gasteiger partial charge in [-0.3, -0.25) is 11.3 Å². The molecule has 2 rings (SSSR count). The fraction of sp³-hybridized carbons (Fsp3) is 0.733. The quantitative estimate of drug-likeness (QED) is 0.658. The third-order valence-corrected chi connectivity index (χ3v) is 5.57. The van der Waals surface area contributed by atoms with Crippen LogP contribution in [0.5, 0.6) is 0 Å². The van der Waals surface area contributed by atoms with Crippen LogP contribution in [0.3, 0.4) is 0 Å². The van der Waals surface area contributed by atoms with Crippen LogP contribution < -0.4 is 11.3 Å². The summed E-state index contributed by atoms with van der Waals surface area (Å²) in [6.07, 6.45) is 5.06. The van der Waals surface area contributed by atoms with E-state index in [1.807, 2.05) is 11.3 Å². The van der Waals surface area contributed by atoms with Crippen LogP contribution in [0.1, 0.15) is 49.1 Å². The molecule has 0 aliphatic heterocycles. The zero-order chi connectivity index (χ0) is 14.0. The topological polar surface area (TPSA) is 41.3 Å². The second-order valence-corrected chi connectivity index (χ2v) is 7.41. The van der Waals surface area contributed by atoms with E-state index in [0.29, 0.717) is 0 Å². The zero-order valence-electron chi connectivity index (χ0n) is 12.6. The van der Waals surface area contributed by atoms with Gasteiger partial charge >= 0.3 is 0 Å². The number of hydrazine groups is 1. The Morgan fingerprint density at radius 3 is 2.74 bits per heavy atom. The molecule has 1 aromatic rings. The van der Waals surface area contributed by atoms with Gasteiger partial charge < -0.3 is 4.90 Å². The number of likely N-dealkylation sites (N-methyl/N-ethyl adjacent to an activating group) is 1. The Labute approximate surface area is 121 Å². The second-order valence-electron chi connectivity index (χ2n) is 6.29. The van der Waals surface area contributed by atoms with Gasteiger partial charge in [-0.2, -0.15) is 0 Å². The average Bonchev–Trinajstić information content (AvgIpc) is 2.76. The summed E-state index contributed by atoms with van der Waals surface area (Å²) in [5.74, 6) is 6.71. The lowest BCUT2D eigenvalue weighted by Crippen LogP contribution is -2.57. The van der Waals surface area contributed by atoms with Gasteiger partial charge in [-0.05, 0) is 56.8 Å². The van der Waals surface area contributed by atoms with Crippen molar-refractivity contribution in [1.82, 2.24) is 10.3 Å². The molecule has 0 bridgehead atoms. The molecule has 3 N–H and O–H groups in total. The van der Waals surface area contributed by atoms with Gasteiger partial charge in [-0.15, -0.1) is 11.3 Å². The van der Waals surface area contributed by atoms with E-state index in [4.69, 9.17) is 5.84 Å². The van der Waals surface area contributed by atoms with Crippen LogP contribution >= 0.6 is 11.3 Å². The molecule has 1 heterocycles. The van der Waals surface area contributed by atoms with E-state index in [0.717, 1.165) is 5.92 Å². The first kappa shape index (κ1) is 15.0. The number of nitrogens with zero attached hydrogens (tertiary/aromatic N) is 1. The molecule has 108 valence electrons. The van der Waals surface area contributed by atoms with E-state index in [1.54, 1.807) is 0 Å². The van der Waals surface area contributed by atoms with Gasteiger partial charge in [0, 0.05) is 10.4 Å². The summed E-state index contributed by atoms with van der Waals surface area (Å²) in [6, 6.07) is 2.50. The normalized spacial score (nSPS) is 29.7. The summed E-state index contributed by atoms with van der Waals surface area (Å²) < 4.78 is 0. The van der Waals surface area contributed by atoms with Crippen LogP contribution in [0.4, 0.5) is 0 Å². The Morgan fingerprint density at radius 2 is 2.26 bits per heavy atom. The van der Waals surface area contributed by atoms with Crippen molar-refractivity contribution in [2.75, 3.05) is 14.1 Å². The molecule has 3 nitrogen and oxygen atoms in total. The maximum absolute atomic E-state index is 5.94. The monoisotopic (exact) mass is 281 g/mol. The summed E-state index contributed by atoms with van der Waals surface area (Å²) >= 11 is 1.81. The molecule has 1 aliphatic carbocycles. The van der Waals surface area contributed by atoms with Crippen molar-refractivity contribution in [3.05, 3.63) is 21.9 Å². The van der Waals surface area contributed by atoms with Crippen LogP contribution in [0.2, 0.25) is 0 Å². The number of hydrogen-bond donors (Lipinski definition) is 2. The van der Waals surface area contributed by atoms with Gasteiger partial charge in [-0.25, -0.2) is 0 Å². The molecule has 4 heteroatoms. The molecule has 0 amide bonds. The van der Waals surface area contributed by atoms with Gasteiger partial charge in [0.05, 0.1) is 6.04 Å². The van der Waals surface area contributed by atoms with E-state index in [9.17, 15) is 0 Å². The van der Waals surface area contributed by atoms with Crippen LogP contribution in [-0.4, -0.2) is 24.5 Å². The number of nitrogens with two attached hydrogens (primary N) is 1. The van der Waals surface area contributed by atoms with Gasteiger partial charge in [-0.1, -0.05) is 19.8 Å². The molecule has 0 radical (unpaired) electrons. The standard InChI is InChI=1S/C15H27N3S/c1-11-6-5-7-15(9-11,18(3)4)14(17-16)13-8-12(2)19-10-13/h8,10-11,14,17H,5-7,9,16H2,1-4H3. The summed E-state index contributed by atoms with van der Waals surface area (Å²) in [7, 11) is 4.39. The molecule has 3 unspecified atom stereocenters. The minimum absolute atomic E-state index is 0.139. The van der Waals surface area contributed by atoms with Crippen molar-refractivity contribution in [2.24, 2.45) is 11.8 Å². The van der Waals surface area contributed by atoms with Crippen LogP contribution in [-0.2, 0) is 0 Å². The van der Waals surface area contributed by atoms with Gasteiger partial charge in [0.2, 0.25) is 0 Å². The lowest BCUT2D eigenvalue weighted by Gasteiger charge is -2.50. The fourth-order valence-electron chi connectivity index (χ4n) is 3.67. The lowest BCUT2D eigenvalue weighted by molar-refractivity contribution is 0.0368. The second kappa shape index (κ2) is 5.92. The molecule has 1 aliphatic rings. The predicted octanol–water partition coefficient (Wildman–Crippen LogP) is 3.07. The number of nitrogens with one attached hydrogen (secondary N) is 1. The van der Waals surface area contributed by atoms with Crippen molar-refractivity contribution >= 4 is 11.3 Å². The molecule has 1 saturated carbocycles. The van der Waals surface area contributed by atoms with E-state index in [-0.39, 0.29) is 11.6 Å². The Hall–Kier alpha value is -0.420. The van der Waals surface area contributed by atoms with Crippen molar-refractivity contribution < 1.29 is 0 Å². The first-order valence-corrected chi connectivity index (χ1v) is 8.06. The number of thiophene rings is 1. The highest BCUT2D eigenvalue weighted by atomic mass is 32.1. The molecule has 0 saturated heterocycles. The van der Waals surface area contributed by atoms with Crippen LogP contribution in [0.15, 0.2) is 11.4 Å². The lowest BCUT2D eigenvalue weighted by atomic mass is 9.70. The van der Waals surface area contributed by atoms with Crippen LogP contribution in [0, 0.1) is 12.8 Å². The fourth-order valence-corrected chi connectivity index (χ4v) is 4.40. The Balaban J connectivity index is 2.35. The third kappa shape index (κ3) is 2.87. The predicted molar refractivity (Wildman–Crippen MR) is 83.2 cm³/mol. The van der Waals surface area contributed by atoms with E-state index in [1.165, 1.54) is 36.1 Å². The maximum Gasteiger partial charge on any atom is 0.0651 e. The summed E-state index contributed by atoms with van der Waals surface area (Å²) in [5.41, 5.74) is 4.59. The Kier molecular flexibility index (Phi) is 4.66.